The molecule has 23 heavy (non-hydrogen) atoms. The number of amides is 3. The van der Waals surface area contributed by atoms with E-state index in [-0.39, 0.29) is 24.5 Å². The first-order chi connectivity index (χ1) is 11.2. The van der Waals surface area contributed by atoms with Gasteiger partial charge in [0, 0.05) is 19.1 Å². The summed E-state index contributed by atoms with van der Waals surface area (Å²) >= 11 is 0. The summed E-state index contributed by atoms with van der Waals surface area (Å²) in [5.41, 5.74) is 1.33. The lowest BCUT2D eigenvalue weighted by molar-refractivity contribution is -0.122. The van der Waals surface area contributed by atoms with Crippen molar-refractivity contribution in [1.29, 1.82) is 0 Å². The van der Waals surface area contributed by atoms with Crippen molar-refractivity contribution in [2.24, 2.45) is 5.92 Å². The molecule has 2 atom stereocenters. The van der Waals surface area contributed by atoms with Gasteiger partial charge < -0.3 is 15.5 Å². The van der Waals surface area contributed by atoms with Gasteiger partial charge >= 0.3 is 6.03 Å². The zero-order valence-corrected chi connectivity index (χ0v) is 13.5. The van der Waals surface area contributed by atoms with Crippen LogP contribution in [-0.4, -0.2) is 42.5 Å². The van der Waals surface area contributed by atoms with Crippen molar-refractivity contribution in [3.8, 4) is 0 Å². The van der Waals surface area contributed by atoms with E-state index in [2.05, 4.69) is 34.9 Å². The van der Waals surface area contributed by atoms with Gasteiger partial charge in [-0.25, -0.2) is 4.79 Å². The lowest BCUT2D eigenvalue weighted by Gasteiger charge is -2.28. The number of nitrogens with zero attached hydrogens (tertiary/aromatic N) is 1. The van der Waals surface area contributed by atoms with Crippen molar-refractivity contribution in [1.82, 2.24) is 15.5 Å². The minimum atomic E-state index is -0.126. The van der Waals surface area contributed by atoms with Gasteiger partial charge in [0.2, 0.25) is 5.91 Å². The molecule has 2 unspecified atom stereocenters. The van der Waals surface area contributed by atoms with Gasteiger partial charge in [0.05, 0.1) is 0 Å². The maximum Gasteiger partial charge on any atom is 0.317 e. The Labute approximate surface area is 137 Å². The predicted octanol–water partition coefficient (Wildman–Crippen LogP) is 1.93. The van der Waals surface area contributed by atoms with Crippen LogP contribution >= 0.6 is 0 Å². The first-order valence-electron chi connectivity index (χ1n) is 8.58. The lowest BCUT2D eigenvalue weighted by Crippen LogP contribution is -2.51. The Morgan fingerprint density at radius 2 is 2.04 bits per heavy atom. The highest BCUT2D eigenvalue weighted by molar-refractivity contribution is 5.84. The highest BCUT2D eigenvalue weighted by Crippen LogP contribution is 2.28. The van der Waals surface area contributed by atoms with Crippen LogP contribution in [0.15, 0.2) is 30.3 Å². The Kier molecular flexibility index (Phi) is 5.16. The van der Waals surface area contributed by atoms with Crippen LogP contribution in [0.2, 0.25) is 0 Å². The SMILES string of the molecule is O=C(CN1CCCNC1=O)NC1CCCC1Cc1ccccc1. The van der Waals surface area contributed by atoms with Crippen LogP contribution in [0.1, 0.15) is 31.2 Å². The molecule has 1 aromatic rings. The molecular formula is C18H25N3O2. The summed E-state index contributed by atoms with van der Waals surface area (Å²) in [7, 11) is 0. The van der Waals surface area contributed by atoms with Gasteiger partial charge in [0.15, 0.2) is 0 Å². The molecule has 0 spiro atoms. The molecule has 1 saturated heterocycles. The van der Waals surface area contributed by atoms with E-state index in [1.165, 1.54) is 5.56 Å². The van der Waals surface area contributed by atoms with Crippen molar-refractivity contribution in [3.63, 3.8) is 0 Å². The van der Waals surface area contributed by atoms with Crippen molar-refractivity contribution < 1.29 is 9.59 Å². The standard InChI is InChI=1S/C18H25N3O2/c22-17(13-21-11-5-10-19-18(21)23)20-16-9-4-8-15(16)12-14-6-2-1-3-7-14/h1-3,6-7,15-16H,4-5,8-13H2,(H,19,23)(H,20,22). The number of rotatable bonds is 5. The maximum atomic E-state index is 12.3. The monoisotopic (exact) mass is 315 g/mol. The third kappa shape index (κ3) is 4.24. The Morgan fingerprint density at radius 1 is 1.22 bits per heavy atom. The molecule has 2 aliphatic rings. The van der Waals surface area contributed by atoms with Gasteiger partial charge in [0.25, 0.3) is 0 Å². The fourth-order valence-electron chi connectivity index (χ4n) is 3.64. The van der Waals surface area contributed by atoms with Crippen LogP contribution in [0.25, 0.3) is 0 Å². The normalized spacial score (nSPS) is 24.3. The molecule has 1 aliphatic heterocycles. The summed E-state index contributed by atoms with van der Waals surface area (Å²) in [6.45, 7) is 1.54. The molecule has 0 bridgehead atoms. The minimum Gasteiger partial charge on any atom is -0.352 e. The fourth-order valence-corrected chi connectivity index (χ4v) is 3.64. The molecule has 2 fully saturated rings. The molecule has 0 aromatic heterocycles. The Balaban J connectivity index is 1.51. The van der Waals surface area contributed by atoms with Crippen LogP contribution < -0.4 is 10.6 Å². The van der Waals surface area contributed by atoms with Crippen molar-refractivity contribution >= 4 is 11.9 Å². The van der Waals surface area contributed by atoms with E-state index in [0.717, 1.165) is 32.1 Å². The van der Waals surface area contributed by atoms with Crippen molar-refractivity contribution in [2.75, 3.05) is 19.6 Å². The Morgan fingerprint density at radius 3 is 2.83 bits per heavy atom. The maximum absolute atomic E-state index is 12.3. The first kappa shape index (κ1) is 15.8. The Bertz CT molecular complexity index is 546. The number of carbonyl (C=O) groups excluding carboxylic acids is 2. The van der Waals surface area contributed by atoms with Crippen molar-refractivity contribution in [2.45, 2.75) is 38.1 Å². The predicted molar refractivity (Wildman–Crippen MR) is 89.0 cm³/mol. The molecular weight excluding hydrogens is 290 g/mol. The Hall–Kier alpha value is -2.04. The van der Waals surface area contributed by atoms with E-state index in [0.29, 0.717) is 19.0 Å². The second kappa shape index (κ2) is 7.49. The molecule has 1 saturated carbocycles. The average molecular weight is 315 g/mol. The topological polar surface area (TPSA) is 61.4 Å². The smallest absolute Gasteiger partial charge is 0.317 e. The molecule has 5 nitrogen and oxygen atoms in total. The van der Waals surface area contributed by atoms with Gasteiger partial charge in [-0.2, -0.15) is 0 Å². The summed E-state index contributed by atoms with van der Waals surface area (Å²) < 4.78 is 0. The van der Waals surface area contributed by atoms with Crippen molar-refractivity contribution in [3.05, 3.63) is 35.9 Å². The number of benzene rings is 1. The van der Waals surface area contributed by atoms with E-state index in [9.17, 15) is 9.59 Å². The largest absolute Gasteiger partial charge is 0.352 e. The fraction of sp³-hybridized carbons (Fsp3) is 0.556. The summed E-state index contributed by atoms with van der Waals surface area (Å²) in [5.74, 6) is 0.462. The molecule has 2 N–H and O–H groups in total. The zero-order valence-electron chi connectivity index (χ0n) is 13.5. The second-order valence-electron chi connectivity index (χ2n) is 6.56. The molecule has 124 valence electrons. The number of hydrogen-bond donors (Lipinski definition) is 2. The van der Waals surface area contributed by atoms with Crippen LogP contribution in [0.5, 0.6) is 0 Å². The van der Waals surface area contributed by atoms with Crippen LogP contribution in [-0.2, 0) is 11.2 Å². The molecule has 0 radical (unpaired) electrons. The van der Waals surface area contributed by atoms with Gasteiger partial charge in [-0.15, -0.1) is 0 Å². The first-order valence-corrected chi connectivity index (χ1v) is 8.58. The number of urea groups is 1. The quantitative estimate of drug-likeness (QED) is 0.872. The third-order valence-electron chi connectivity index (χ3n) is 4.85. The van der Waals surface area contributed by atoms with Gasteiger partial charge in [-0.05, 0) is 37.2 Å². The number of hydrogen-bond acceptors (Lipinski definition) is 2. The molecule has 5 heteroatoms. The summed E-state index contributed by atoms with van der Waals surface area (Å²) in [4.78, 5) is 25.6. The number of carbonyl (C=O) groups is 2. The summed E-state index contributed by atoms with van der Waals surface area (Å²) in [6, 6.07) is 10.6. The van der Waals surface area contributed by atoms with Crippen LogP contribution in [0.4, 0.5) is 4.79 Å². The second-order valence-corrected chi connectivity index (χ2v) is 6.56. The third-order valence-corrected chi connectivity index (χ3v) is 4.85. The van der Waals surface area contributed by atoms with E-state index in [4.69, 9.17) is 0 Å². The zero-order chi connectivity index (χ0) is 16.1. The highest BCUT2D eigenvalue weighted by atomic mass is 16.2. The van der Waals surface area contributed by atoms with E-state index < -0.39 is 0 Å². The highest BCUT2D eigenvalue weighted by Gasteiger charge is 2.29. The van der Waals surface area contributed by atoms with E-state index >= 15 is 0 Å². The van der Waals surface area contributed by atoms with E-state index in [1.54, 1.807) is 4.90 Å². The summed E-state index contributed by atoms with van der Waals surface area (Å²) in [6.07, 6.45) is 5.27. The van der Waals surface area contributed by atoms with Gasteiger partial charge in [-0.3, -0.25) is 4.79 Å². The minimum absolute atomic E-state index is 0.0352. The lowest BCUT2D eigenvalue weighted by atomic mass is 9.94. The van der Waals surface area contributed by atoms with Gasteiger partial charge in [-0.1, -0.05) is 36.8 Å². The number of nitrogens with one attached hydrogen (secondary N) is 2. The van der Waals surface area contributed by atoms with E-state index in [1.807, 2.05) is 6.07 Å². The molecule has 1 aliphatic carbocycles. The van der Waals surface area contributed by atoms with Crippen LogP contribution in [0.3, 0.4) is 0 Å². The summed E-state index contributed by atoms with van der Waals surface area (Å²) in [5, 5.41) is 5.94. The molecule has 1 aromatic carbocycles. The average Bonchev–Trinajstić information content (AvgIpc) is 2.97. The molecule has 3 amide bonds. The molecule has 3 rings (SSSR count). The van der Waals surface area contributed by atoms with Crippen LogP contribution in [0, 0.1) is 5.92 Å². The molecule has 1 heterocycles. The van der Waals surface area contributed by atoms with Gasteiger partial charge in [0.1, 0.15) is 6.54 Å².